The standard InChI is InChI=1S/C24H20F2N2O3S/c25-20-10-6-11-21(26)19(20)13-27-24(29)15-28-14-23(18-9-4-5-12-22(18)28)32(30,31)16-17-7-2-1-3-8-17/h1-12,14H,13,15-16H2,(H,27,29). The number of nitrogens with zero attached hydrogens (tertiary/aromatic N) is 1. The molecule has 8 heteroatoms. The molecule has 1 heterocycles. The minimum absolute atomic E-state index is 0.130. The van der Waals surface area contributed by atoms with E-state index in [0.29, 0.717) is 16.5 Å². The van der Waals surface area contributed by atoms with E-state index in [-0.39, 0.29) is 29.3 Å². The van der Waals surface area contributed by atoms with Crippen LogP contribution >= 0.6 is 0 Å². The molecule has 4 rings (SSSR count). The number of benzene rings is 3. The Morgan fingerprint density at radius 2 is 1.53 bits per heavy atom. The summed E-state index contributed by atoms with van der Waals surface area (Å²) >= 11 is 0. The maximum atomic E-state index is 13.8. The molecule has 0 spiro atoms. The van der Waals surface area contributed by atoms with E-state index in [4.69, 9.17) is 0 Å². The van der Waals surface area contributed by atoms with E-state index in [2.05, 4.69) is 5.32 Å². The van der Waals surface area contributed by atoms with E-state index < -0.39 is 27.4 Å². The normalized spacial score (nSPS) is 11.6. The van der Waals surface area contributed by atoms with Crippen LogP contribution in [0.3, 0.4) is 0 Å². The first-order valence-electron chi connectivity index (χ1n) is 9.89. The molecule has 0 bridgehead atoms. The van der Waals surface area contributed by atoms with E-state index in [1.165, 1.54) is 16.8 Å². The van der Waals surface area contributed by atoms with Crippen molar-refractivity contribution in [3.8, 4) is 0 Å². The van der Waals surface area contributed by atoms with Crippen molar-refractivity contribution in [1.82, 2.24) is 9.88 Å². The second-order valence-electron chi connectivity index (χ2n) is 7.36. The molecule has 32 heavy (non-hydrogen) atoms. The molecule has 0 atom stereocenters. The van der Waals surface area contributed by atoms with Gasteiger partial charge < -0.3 is 9.88 Å². The molecule has 0 radical (unpaired) electrons. The van der Waals surface area contributed by atoms with E-state index >= 15 is 0 Å². The molecule has 4 aromatic rings. The van der Waals surface area contributed by atoms with Crippen molar-refractivity contribution in [2.45, 2.75) is 23.7 Å². The Labute approximate surface area is 184 Å². The SMILES string of the molecule is O=C(Cn1cc(S(=O)(=O)Cc2ccccc2)c2ccccc21)NCc1c(F)cccc1F. The largest absolute Gasteiger partial charge is 0.350 e. The smallest absolute Gasteiger partial charge is 0.240 e. The van der Waals surface area contributed by atoms with Crippen molar-refractivity contribution >= 4 is 26.6 Å². The van der Waals surface area contributed by atoms with Crippen LogP contribution in [0.25, 0.3) is 10.9 Å². The van der Waals surface area contributed by atoms with Gasteiger partial charge in [0.2, 0.25) is 5.91 Å². The van der Waals surface area contributed by atoms with Crippen molar-refractivity contribution in [3.05, 3.63) is 102 Å². The van der Waals surface area contributed by atoms with Gasteiger partial charge >= 0.3 is 0 Å². The van der Waals surface area contributed by atoms with Crippen LogP contribution in [0.5, 0.6) is 0 Å². The highest BCUT2D eigenvalue weighted by atomic mass is 32.2. The lowest BCUT2D eigenvalue weighted by Crippen LogP contribution is -2.27. The third-order valence-corrected chi connectivity index (χ3v) is 6.83. The average molecular weight is 454 g/mol. The van der Waals surface area contributed by atoms with Crippen molar-refractivity contribution in [1.29, 1.82) is 0 Å². The number of aromatic nitrogens is 1. The molecule has 3 aromatic carbocycles. The molecular weight excluding hydrogens is 434 g/mol. The van der Waals surface area contributed by atoms with Crippen LogP contribution in [-0.4, -0.2) is 18.9 Å². The van der Waals surface area contributed by atoms with Crippen LogP contribution in [0.4, 0.5) is 8.78 Å². The first-order chi connectivity index (χ1) is 15.3. The zero-order valence-corrected chi connectivity index (χ0v) is 17.8. The number of nitrogens with one attached hydrogen (secondary N) is 1. The lowest BCUT2D eigenvalue weighted by molar-refractivity contribution is -0.121. The van der Waals surface area contributed by atoms with Gasteiger partial charge in [0.15, 0.2) is 9.84 Å². The van der Waals surface area contributed by atoms with Crippen LogP contribution in [0, 0.1) is 11.6 Å². The second kappa shape index (κ2) is 8.92. The predicted molar refractivity (Wildman–Crippen MR) is 117 cm³/mol. The number of hydrogen-bond acceptors (Lipinski definition) is 3. The maximum Gasteiger partial charge on any atom is 0.240 e. The number of carbonyl (C=O) groups excluding carboxylic acids is 1. The van der Waals surface area contributed by atoms with Crippen molar-refractivity contribution in [2.75, 3.05) is 0 Å². The molecule has 0 aliphatic carbocycles. The lowest BCUT2D eigenvalue weighted by Gasteiger charge is -2.09. The Morgan fingerprint density at radius 3 is 2.25 bits per heavy atom. The summed E-state index contributed by atoms with van der Waals surface area (Å²) in [5.41, 5.74) is 1.00. The number of hydrogen-bond donors (Lipinski definition) is 1. The van der Waals surface area contributed by atoms with Crippen molar-refractivity contribution < 1.29 is 22.0 Å². The lowest BCUT2D eigenvalue weighted by atomic mass is 10.2. The second-order valence-corrected chi connectivity index (χ2v) is 9.32. The molecular formula is C24H20F2N2O3S. The van der Waals surface area contributed by atoms with Gasteiger partial charge in [-0.15, -0.1) is 0 Å². The van der Waals surface area contributed by atoms with E-state index in [1.54, 1.807) is 48.5 Å². The summed E-state index contributed by atoms with van der Waals surface area (Å²) in [5, 5.41) is 3.00. The first kappa shape index (κ1) is 21.7. The number of para-hydroxylation sites is 1. The maximum absolute atomic E-state index is 13.8. The molecule has 1 aromatic heterocycles. The molecule has 164 valence electrons. The number of rotatable bonds is 7. The number of amides is 1. The van der Waals surface area contributed by atoms with Gasteiger partial charge in [-0.1, -0.05) is 54.6 Å². The predicted octanol–water partition coefficient (Wildman–Crippen LogP) is 4.21. The first-order valence-corrected chi connectivity index (χ1v) is 11.5. The minimum atomic E-state index is -3.67. The minimum Gasteiger partial charge on any atom is -0.350 e. The van der Waals surface area contributed by atoms with E-state index in [0.717, 1.165) is 12.1 Å². The van der Waals surface area contributed by atoms with Crippen LogP contribution in [0.1, 0.15) is 11.1 Å². The number of carbonyl (C=O) groups is 1. The van der Waals surface area contributed by atoms with Gasteiger partial charge in [-0.05, 0) is 23.8 Å². The summed E-state index contributed by atoms with van der Waals surface area (Å²) in [7, 11) is -3.67. The zero-order valence-electron chi connectivity index (χ0n) is 17.0. The van der Waals surface area contributed by atoms with Gasteiger partial charge in [0.1, 0.15) is 18.2 Å². The molecule has 0 aliphatic heterocycles. The topological polar surface area (TPSA) is 68.2 Å². The monoisotopic (exact) mass is 454 g/mol. The van der Waals surface area contributed by atoms with Gasteiger partial charge in [0, 0.05) is 29.2 Å². The van der Waals surface area contributed by atoms with Gasteiger partial charge in [-0.3, -0.25) is 4.79 Å². The highest BCUT2D eigenvalue weighted by molar-refractivity contribution is 7.90. The summed E-state index contributed by atoms with van der Waals surface area (Å²) < 4.78 is 55.3. The highest BCUT2D eigenvalue weighted by Gasteiger charge is 2.22. The summed E-state index contributed by atoms with van der Waals surface area (Å²) in [6.07, 6.45) is 1.44. The quantitative estimate of drug-likeness (QED) is 0.455. The molecule has 0 fully saturated rings. The van der Waals surface area contributed by atoms with Gasteiger partial charge in [-0.2, -0.15) is 0 Å². The Balaban J connectivity index is 1.58. The molecule has 1 amide bonds. The molecule has 0 saturated carbocycles. The molecule has 1 N–H and O–H groups in total. The Kier molecular flexibility index (Phi) is 6.05. The third kappa shape index (κ3) is 4.55. The zero-order chi connectivity index (χ0) is 22.7. The van der Waals surface area contributed by atoms with Crippen molar-refractivity contribution in [2.24, 2.45) is 0 Å². The molecule has 0 saturated heterocycles. The fourth-order valence-electron chi connectivity index (χ4n) is 3.56. The molecule has 5 nitrogen and oxygen atoms in total. The fourth-order valence-corrected chi connectivity index (χ4v) is 5.14. The molecule has 0 unspecified atom stereocenters. The van der Waals surface area contributed by atoms with E-state index in [9.17, 15) is 22.0 Å². The summed E-state index contributed by atoms with van der Waals surface area (Å²) in [5.74, 6) is -2.15. The van der Waals surface area contributed by atoms with Crippen LogP contribution in [0.2, 0.25) is 0 Å². The Morgan fingerprint density at radius 1 is 0.875 bits per heavy atom. The average Bonchev–Trinajstić information content (AvgIpc) is 3.13. The van der Waals surface area contributed by atoms with Crippen LogP contribution in [0.15, 0.2) is 83.9 Å². The molecule has 0 aliphatic rings. The highest BCUT2D eigenvalue weighted by Crippen LogP contribution is 2.28. The van der Waals surface area contributed by atoms with E-state index in [1.807, 2.05) is 6.07 Å². The van der Waals surface area contributed by atoms with Gasteiger partial charge in [-0.25, -0.2) is 17.2 Å². The number of fused-ring (bicyclic) bond motifs is 1. The fraction of sp³-hybridized carbons (Fsp3) is 0.125. The van der Waals surface area contributed by atoms with Crippen LogP contribution in [-0.2, 0) is 33.5 Å². The Bertz CT molecular complexity index is 1360. The summed E-state index contributed by atoms with van der Waals surface area (Å²) in [6, 6.07) is 19.2. The number of halogens is 2. The third-order valence-electron chi connectivity index (χ3n) is 5.12. The van der Waals surface area contributed by atoms with Gasteiger partial charge in [0.05, 0.1) is 10.6 Å². The van der Waals surface area contributed by atoms with Crippen molar-refractivity contribution in [3.63, 3.8) is 0 Å². The number of sulfone groups is 1. The summed E-state index contributed by atoms with van der Waals surface area (Å²) in [6.45, 7) is -0.507. The van der Waals surface area contributed by atoms with Gasteiger partial charge in [0.25, 0.3) is 0 Å². The Hall–Kier alpha value is -3.52. The summed E-state index contributed by atoms with van der Waals surface area (Å²) in [4.78, 5) is 12.6. The van der Waals surface area contributed by atoms with Crippen LogP contribution < -0.4 is 5.32 Å².